The summed E-state index contributed by atoms with van der Waals surface area (Å²) >= 11 is 11.1. The van der Waals surface area contributed by atoms with E-state index in [0.29, 0.717) is 11.0 Å². The Bertz CT molecular complexity index is 209. The van der Waals surface area contributed by atoms with Gasteiger partial charge in [-0.1, -0.05) is 11.6 Å². The molecule has 0 fully saturated rings. The molecule has 1 rings (SSSR count). The van der Waals surface area contributed by atoms with Crippen molar-refractivity contribution < 1.29 is 0 Å². The molecule has 5 heteroatoms. The van der Waals surface area contributed by atoms with Crippen LogP contribution >= 0.6 is 35.6 Å². The second kappa shape index (κ2) is 4.06. The number of hydrogen-bond donors (Lipinski definition) is 0. The summed E-state index contributed by atoms with van der Waals surface area (Å²) in [4.78, 5) is 0. The van der Waals surface area contributed by atoms with Gasteiger partial charge < -0.3 is 0 Å². The smallest absolute Gasteiger partial charge is 0.155 e. The van der Waals surface area contributed by atoms with Crippen LogP contribution in [-0.2, 0) is 12.9 Å². The lowest BCUT2D eigenvalue weighted by atomic mass is 10.4. The van der Waals surface area contributed by atoms with E-state index in [1.807, 2.05) is 7.05 Å². The summed E-state index contributed by atoms with van der Waals surface area (Å²) in [5, 5.41) is 4.37. The zero-order valence-electron chi connectivity index (χ0n) is 5.34. The number of aryl methyl sites for hydroxylation is 1. The molecular weight excluding hydrogens is 194 g/mol. The molecule has 10 heavy (non-hydrogen) atoms. The predicted octanol–water partition coefficient (Wildman–Crippen LogP) is 2.23. The minimum atomic E-state index is 0. The van der Waals surface area contributed by atoms with Gasteiger partial charge >= 0.3 is 0 Å². The molecule has 0 saturated heterocycles. The average Bonchev–Trinajstić information content (AvgIpc) is 2.10. The SMILES string of the molecule is Cl.Cn1cc(CCl)c(Cl)n1. The predicted molar refractivity (Wildman–Crippen MR) is 45.0 cm³/mol. The van der Waals surface area contributed by atoms with Crippen molar-refractivity contribution in [1.29, 1.82) is 0 Å². The maximum atomic E-state index is 5.63. The number of nitrogens with zero attached hydrogens (tertiary/aromatic N) is 2. The quantitative estimate of drug-likeness (QED) is 0.637. The average molecular weight is 201 g/mol. The van der Waals surface area contributed by atoms with Crippen LogP contribution in [0.15, 0.2) is 6.20 Å². The maximum absolute atomic E-state index is 5.63. The Morgan fingerprint density at radius 3 is 2.50 bits per heavy atom. The van der Waals surface area contributed by atoms with E-state index in [2.05, 4.69) is 5.10 Å². The molecule has 0 N–H and O–H groups in total. The van der Waals surface area contributed by atoms with Gasteiger partial charge in [0.2, 0.25) is 0 Å². The van der Waals surface area contributed by atoms with Gasteiger partial charge in [-0.25, -0.2) is 0 Å². The zero-order valence-corrected chi connectivity index (χ0v) is 7.67. The Labute approximate surface area is 75.5 Å². The highest BCUT2D eigenvalue weighted by Crippen LogP contribution is 2.13. The molecule has 0 aliphatic carbocycles. The van der Waals surface area contributed by atoms with Crippen molar-refractivity contribution >= 4 is 35.6 Å². The highest BCUT2D eigenvalue weighted by Gasteiger charge is 2.00. The van der Waals surface area contributed by atoms with Crippen LogP contribution in [0.1, 0.15) is 5.56 Å². The first kappa shape index (κ1) is 10.1. The molecule has 58 valence electrons. The fraction of sp³-hybridized carbons (Fsp3) is 0.400. The van der Waals surface area contributed by atoms with Gasteiger partial charge in [-0.3, -0.25) is 4.68 Å². The molecule has 0 bridgehead atoms. The van der Waals surface area contributed by atoms with Crippen LogP contribution in [-0.4, -0.2) is 9.78 Å². The van der Waals surface area contributed by atoms with Gasteiger partial charge in [0, 0.05) is 18.8 Å². The van der Waals surface area contributed by atoms with Gasteiger partial charge in [-0.15, -0.1) is 24.0 Å². The topological polar surface area (TPSA) is 17.8 Å². The first-order valence-corrected chi connectivity index (χ1v) is 3.39. The lowest BCUT2D eigenvalue weighted by Gasteiger charge is -1.81. The van der Waals surface area contributed by atoms with Crippen LogP contribution in [0.25, 0.3) is 0 Å². The minimum absolute atomic E-state index is 0. The number of halogens is 3. The number of rotatable bonds is 1. The summed E-state index contributed by atoms with van der Waals surface area (Å²) < 4.78 is 1.64. The van der Waals surface area contributed by atoms with Gasteiger partial charge in [0.05, 0.1) is 5.88 Å². The molecule has 0 aliphatic heterocycles. The molecule has 0 radical (unpaired) electrons. The molecule has 0 aliphatic rings. The van der Waals surface area contributed by atoms with Crippen LogP contribution in [0.4, 0.5) is 0 Å². The Hall–Kier alpha value is 0.0800. The van der Waals surface area contributed by atoms with Crippen molar-refractivity contribution in [2.45, 2.75) is 5.88 Å². The standard InChI is InChI=1S/C5H6Cl2N2.ClH/c1-9-3-4(2-6)5(7)8-9;/h3H,2H2,1H3;1H. The summed E-state index contributed by atoms with van der Waals surface area (Å²) in [6, 6.07) is 0. The summed E-state index contributed by atoms with van der Waals surface area (Å²) in [6.07, 6.45) is 1.80. The molecule has 0 atom stereocenters. The van der Waals surface area contributed by atoms with E-state index in [4.69, 9.17) is 23.2 Å². The van der Waals surface area contributed by atoms with E-state index >= 15 is 0 Å². The largest absolute Gasteiger partial charge is 0.274 e. The van der Waals surface area contributed by atoms with Gasteiger partial charge in [0.15, 0.2) is 5.15 Å². The van der Waals surface area contributed by atoms with Crippen molar-refractivity contribution in [2.75, 3.05) is 0 Å². The van der Waals surface area contributed by atoms with Crippen molar-refractivity contribution in [3.05, 3.63) is 16.9 Å². The first-order chi connectivity index (χ1) is 4.24. The molecule has 0 unspecified atom stereocenters. The number of alkyl halides is 1. The third-order valence-electron chi connectivity index (χ3n) is 0.997. The monoisotopic (exact) mass is 200 g/mol. The molecule has 1 aromatic rings. The molecule has 0 aromatic carbocycles. The van der Waals surface area contributed by atoms with Crippen LogP contribution in [0.5, 0.6) is 0 Å². The molecule has 2 nitrogen and oxygen atoms in total. The Balaban J connectivity index is 0.000000810. The number of aromatic nitrogens is 2. The van der Waals surface area contributed by atoms with Crippen LogP contribution in [0.2, 0.25) is 5.15 Å². The lowest BCUT2D eigenvalue weighted by molar-refractivity contribution is 0.767. The zero-order chi connectivity index (χ0) is 6.85. The second-order valence-electron chi connectivity index (χ2n) is 1.75. The van der Waals surface area contributed by atoms with E-state index in [0.717, 1.165) is 5.56 Å². The fourth-order valence-electron chi connectivity index (χ4n) is 0.600. The second-order valence-corrected chi connectivity index (χ2v) is 2.38. The van der Waals surface area contributed by atoms with Crippen LogP contribution < -0.4 is 0 Å². The van der Waals surface area contributed by atoms with Crippen molar-refractivity contribution in [3.63, 3.8) is 0 Å². The molecule has 0 spiro atoms. The van der Waals surface area contributed by atoms with E-state index in [-0.39, 0.29) is 12.4 Å². The van der Waals surface area contributed by atoms with Crippen molar-refractivity contribution in [1.82, 2.24) is 9.78 Å². The van der Waals surface area contributed by atoms with Crippen molar-refractivity contribution in [3.8, 4) is 0 Å². The summed E-state index contributed by atoms with van der Waals surface area (Å²) in [5.41, 5.74) is 0.876. The van der Waals surface area contributed by atoms with E-state index in [1.54, 1.807) is 10.9 Å². The lowest BCUT2D eigenvalue weighted by Crippen LogP contribution is -1.84. The van der Waals surface area contributed by atoms with Crippen LogP contribution in [0.3, 0.4) is 0 Å². The van der Waals surface area contributed by atoms with Crippen LogP contribution in [0, 0.1) is 0 Å². The highest BCUT2D eigenvalue weighted by atomic mass is 35.5. The van der Waals surface area contributed by atoms with Gasteiger partial charge in [0.1, 0.15) is 0 Å². The highest BCUT2D eigenvalue weighted by molar-refractivity contribution is 6.31. The van der Waals surface area contributed by atoms with Gasteiger partial charge in [-0.2, -0.15) is 5.10 Å². The first-order valence-electron chi connectivity index (χ1n) is 2.48. The summed E-state index contributed by atoms with van der Waals surface area (Å²) in [7, 11) is 1.81. The molecular formula is C5H7Cl3N2. The third kappa shape index (κ3) is 2.04. The maximum Gasteiger partial charge on any atom is 0.155 e. The molecule has 0 saturated carbocycles. The molecule has 1 heterocycles. The summed E-state index contributed by atoms with van der Waals surface area (Å²) in [6.45, 7) is 0. The summed E-state index contributed by atoms with van der Waals surface area (Å²) in [5.74, 6) is 0.423. The van der Waals surface area contributed by atoms with E-state index in [9.17, 15) is 0 Å². The number of hydrogen-bond acceptors (Lipinski definition) is 1. The molecule has 1 aromatic heterocycles. The fourth-order valence-corrected chi connectivity index (χ4v) is 1.10. The minimum Gasteiger partial charge on any atom is -0.274 e. The van der Waals surface area contributed by atoms with Gasteiger partial charge in [0.25, 0.3) is 0 Å². The third-order valence-corrected chi connectivity index (χ3v) is 1.60. The van der Waals surface area contributed by atoms with E-state index < -0.39 is 0 Å². The Morgan fingerprint density at radius 1 is 1.70 bits per heavy atom. The normalized spacial score (nSPS) is 9.10. The Morgan fingerprint density at radius 2 is 2.30 bits per heavy atom. The Kier molecular flexibility index (Phi) is 4.09. The van der Waals surface area contributed by atoms with Gasteiger partial charge in [-0.05, 0) is 0 Å². The van der Waals surface area contributed by atoms with Crippen molar-refractivity contribution in [2.24, 2.45) is 7.05 Å². The molecule has 0 amide bonds. The van der Waals surface area contributed by atoms with E-state index in [1.165, 1.54) is 0 Å².